The van der Waals surface area contributed by atoms with Gasteiger partial charge in [0.25, 0.3) is 0 Å². The van der Waals surface area contributed by atoms with Crippen molar-refractivity contribution in [1.82, 2.24) is 10.3 Å². The number of aromatic amines is 1. The van der Waals surface area contributed by atoms with Gasteiger partial charge in [0, 0.05) is 34.6 Å². The third-order valence-corrected chi connectivity index (χ3v) is 6.02. The van der Waals surface area contributed by atoms with E-state index in [1.165, 1.54) is 21.9 Å². The van der Waals surface area contributed by atoms with E-state index in [1.807, 2.05) is 18.2 Å². The van der Waals surface area contributed by atoms with E-state index in [9.17, 15) is 5.11 Å². The number of nitrogens with one attached hydrogen (secondary N) is 2. The largest absolute Gasteiger partial charge is 0.459 e. The number of benzene rings is 2. The molecule has 0 saturated carbocycles. The zero-order valence-electron chi connectivity index (χ0n) is 16.0. The molecule has 1 aliphatic heterocycles. The van der Waals surface area contributed by atoms with E-state index in [2.05, 4.69) is 40.8 Å². The molecule has 0 fully saturated rings. The Hall–Kier alpha value is -2.56. The molecule has 144 valence electrons. The van der Waals surface area contributed by atoms with Crippen molar-refractivity contribution in [1.29, 1.82) is 0 Å². The molecule has 0 saturated heterocycles. The van der Waals surface area contributed by atoms with Crippen molar-refractivity contribution in [2.75, 3.05) is 6.54 Å². The van der Waals surface area contributed by atoms with Crippen molar-refractivity contribution in [3.63, 3.8) is 0 Å². The van der Waals surface area contributed by atoms with Gasteiger partial charge in [-0.05, 0) is 48.9 Å². The van der Waals surface area contributed by atoms with Gasteiger partial charge in [0.2, 0.25) is 0 Å². The van der Waals surface area contributed by atoms with Crippen molar-refractivity contribution in [2.45, 2.75) is 44.8 Å². The number of aliphatic hydroxyl groups excluding tert-OH is 1. The summed E-state index contributed by atoms with van der Waals surface area (Å²) in [5, 5.41) is 15.5. The van der Waals surface area contributed by atoms with Gasteiger partial charge in [0.05, 0.1) is 12.6 Å². The summed E-state index contributed by atoms with van der Waals surface area (Å²) in [5.74, 6) is 1.15. The van der Waals surface area contributed by atoms with E-state index in [1.54, 1.807) is 0 Å². The highest BCUT2D eigenvalue weighted by Crippen LogP contribution is 2.35. The van der Waals surface area contributed by atoms with Gasteiger partial charge in [0.1, 0.15) is 11.3 Å². The Morgan fingerprint density at radius 1 is 1.07 bits per heavy atom. The average molecular weight is 374 g/mol. The van der Waals surface area contributed by atoms with E-state index in [0.29, 0.717) is 6.04 Å². The number of aryl methyl sites for hydroxylation is 1. The van der Waals surface area contributed by atoms with Crippen molar-refractivity contribution < 1.29 is 9.52 Å². The van der Waals surface area contributed by atoms with Gasteiger partial charge in [0.15, 0.2) is 0 Å². The van der Waals surface area contributed by atoms with Crippen LogP contribution in [0.2, 0.25) is 0 Å². The molecule has 3 heterocycles. The number of aromatic nitrogens is 1. The number of unbranched alkanes of at least 4 members (excludes halogenated alkanes) is 1. The molecule has 4 aromatic rings. The average Bonchev–Trinajstić information content (AvgIpc) is 3.32. The lowest BCUT2D eigenvalue weighted by molar-refractivity contribution is 0.282. The summed E-state index contributed by atoms with van der Waals surface area (Å²) < 4.78 is 6.20. The third kappa shape index (κ3) is 3.13. The van der Waals surface area contributed by atoms with Crippen molar-refractivity contribution in [2.24, 2.45) is 0 Å². The first-order chi connectivity index (χ1) is 13.8. The molecule has 5 rings (SSSR count). The predicted molar refractivity (Wildman–Crippen MR) is 112 cm³/mol. The molecule has 4 nitrogen and oxygen atoms in total. The maximum atomic E-state index is 9.29. The van der Waals surface area contributed by atoms with E-state index >= 15 is 0 Å². The second-order valence-electron chi connectivity index (χ2n) is 7.80. The molecular weight excluding hydrogens is 348 g/mol. The summed E-state index contributed by atoms with van der Waals surface area (Å²) in [6.07, 6.45) is 7.65. The Balaban J connectivity index is 1.24. The maximum Gasteiger partial charge on any atom is 0.134 e. The highest BCUT2D eigenvalue weighted by molar-refractivity contribution is 5.84. The Bertz CT molecular complexity index is 1110. The molecule has 3 N–H and O–H groups in total. The molecule has 2 aromatic heterocycles. The summed E-state index contributed by atoms with van der Waals surface area (Å²) >= 11 is 0. The minimum absolute atomic E-state index is 0.0858. The first kappa shape index (κ1) is 17.5. The number of furan rings is 1. The van der Waals surface area contributed by atoms with E-state index in [4.69, 9.17) is 4.42 Å². The second kappa shape index (κ2) is 7.46. The minimum Gasteiger partial charge on any atom is -0.459 e. The molecule has 0 aliphatic carbocycles. The molecule has 28 heavy (non-hydrogen) atoms. The normalized spacial score (nSPS) is 16.7. The Morgan fingerprint density at radius 2 is 2.00 bits per heavy atom. The summed E-state index contributed by atoms with van der Waals surface area (Å²) in [6, 6.07) is 14.9. The smallest absolute Gasteiger partial charge is 0.134 e. The summed E-state index contributed by atoms with van der Waals surface area (Å²) in [7, 11) is 0. The first-order valence-electron chi connectivity index (χ1n) is 10.3. The minimum atomic E-state index is 0.0858. The second-order valence-corrected chi connectivity index (χ2v) is 7.80. The molecule has 0 radical (unpaired) electrons. The van der Waals surface area contributed by atoms with Crippen LogP contribution >= 0.6 is 0 Å². The van der Waals surface area contributed by atoms with Crippen LogP contribution in [0.5, 0.6) is 0 Å². The number of para-hydroxylation sites is 1. The highest BCUT2D eigenvalue weighted by atomic mass is 16.3. The lowest BCUT2D eigenvalue weighted by Crippen LogP contribution is -2.28. The molecular formula is C24H26N2O2. The number of rotatable bonds is 6. The van der Waals surface area contributed by atoms with Gasteiger partial charge < -0.3 is 19.8 Å². The van der Waals surface area contributed by atoms with Crippen LogP contribution in [0, 0.1) is 0 Å². The molecule has 0 bridgehead atoms. The summed E-state index contributed by atoms with van der Waals surface area (Å²) in [5.41, 5.74) is 5.84. The number of H-pyrrole nitrogens is 1. The van der Waals surface area contributed by atoms with Gasteiger partial charge in [-0.25, -0.2) is 0 Å². The third-order valence-electron chi connectivity index (χ3n) is 6.02. The van der Waals surface area contributed by atoms with Crippen LogP contribution in [0.3, 0.4) is 0 Å². The van der Waals surface area contributed by atoms with Crippen LogP contribution in [0.25, 0.3) is 21.9 Å². The first-order valence-corrected chi connectivity index (χ1v) is 10.3. The van der Waals surface area contributed by atoms with Crippen LogP contribution in [0.4, 0.5) is 0 Å². The lowest BCUT2D eigenvalue weighted by atomic mass is 9.95. The molecule has 0 spiro atoms. The van der Waals surface area contributed by atoms with E-state index < -0.39 is 0 Å². The van der Waals surface area contributed by atoms with Crippen LogP contribution in [-0.2, 0) is 19.4 Å². The number of fused-ring (bicyclic) bond motifs is 4. The van der Waals surface area contributed by atoms with Crippen molar-refractivity contribution >= 4 is 21.9 Å². The van der Waals surface area contributed by atoms with E-state index in [0.717, 1.165) is 61.1 Å². The van der Waals surface area contributed by atoms with Crippen LogP contribution in [-0.4, -0.2) is 16.6 Å². The van der Waals surface area contributed by atoms with Crippen LogP contribution in [0.1, 0.15) is 47.8 Å². The fourth-order valence-corrected chi connectivity index (χ4v) is 4.56. The zero-order chi connectivity index (χ0) is 18.9. The summed E-state index contributed by atoms with van der Waals surface area (Å²) in [4.78, 5) is 3.34. The fraction of sp³-hybridized carbons (Fsp3) is 0.333. The quantitative estimate of drug-likeness (QED) is 0.416. The van der Waals surface area contributed by atoms with Gasteiger partial charge >= 0.3 is 0 Å². The highest BCUT2D eigenvalue weighted by Gasteiger charge is 2.25. The van der Waals surface area contributed by atoms with Crippen molar-refractivity contribution in [3.8, 4) is 0 Å². The Morgan fingerprint density at radius 3 is 2.93 bits per heavy atom. The van der Waals surface area contributed by atoms with E-state index in [-0.39, 0.29) is 6.61 Å². The van der Waals surface area contributed by atoms with Crippen LogP contribution < -0.4 is 5.32 Å². The van der Waals surface area contributed by atoms with Gasteiger partial charge in [-0.3, -0.25) is 0 Å². The fourth-order valence-electron chi connectivity index (χ4n) is 4.56. The predicted octanol–water partition coefficient (Wildman–Crippen LogP) is 5.01. The number of hydrogen-bond acceptors (Lipinski definition) is 3. The molecule has 0 amide bonds. The number of aliphatic hydroxyl groups is 1. The van der Waals surface area contributed by atoms with Crippen molar-refractivity contribution in [3.05, 3.63) is 71.1 Å². The topological polar surface area (TPSA) is 61.2 Å². The standard InChI is InChI=1S/C24H26N2O2/c27-15-16-9-10-18-17(14-26-22(18)13-16)5-1-3-7-21-24-20(11-12-25-21)19-6-2-4-8-23(19)28-24/h2,4,6,8-10,13-14,21,25-27H,1,3,5,7,11-12,15H2. The molecule has 2 aromatic carbocycles. The lowest BCUT2D eigenvalue weighted by Gasteiger charge is -2.22. The number of hydrogen-bond donors (Lipinski definition) is 3. The van der Waals surface area contributed by atoms with Gasteiger partial charge in [-0.15, -0.1) is 0 Å². The molecule has 1 atom stereocenters. The molecule has 1 unspecified atom stereocenters. The van der Waals surface area contributed by atoms with Crippen LogP contribution in [0.15, 0.2) is 53.1 Å². The SMILES string of the molecule is OCc1ccc2c(CCCCC3NCCc4c3oc3ccccc43)c[nH]c2c1. The summed E-state index contributed by atoms with van der Waals surface area (Å²) in [6.45, 7) is 1.11. The zero-order valence-corrected chi connectivity index (χ0v) is 16.0. The van der Waals surface area contributed by atoms with Gasteiger partial charge in [-0.1, -0.05) is 36.8 Å². The molecule has 1 aliphatic rings. The Labute approximate surface area is 164 Å². The van der Waals surface area contributed by atoms with Gasteiger partial charge in [-0.2, -0.15) is 0 Å². The maximum absolute atomic E-state index is 9.29. The monoisotopic (exact) mass is 374 g/mol. The molecule has 4 heteroatoms. The Kier molecular flexibility index (Phi) is 4.67.